The van der Waals surface area contributed by atoms with Crippen molar-refractivity contribution in [1.29, 1.82) is 0 Å². The first-order valence-electron chi connectivity index (χ1n) is 6.23. The summed E-state index contributed by atoms with van der Waals surface area (Å²) >= 11 is 5.36. The molecule has 0 saturated carbocycles. The highest BCUT2D eigenvalue weighted by Crippen LogP contribution is 2.20. The molecule has 0 spiro atoms. The molecule has 6 nitrogen and oxygen atoms in total. The lowest BCUT2D eigenvalue weighted by Gasteiger charge is -2.03. The number of nitrogens with zero attached hydrogens (tertiary/aromatic N) is 3. The Bertz CT molecular complexity index is 802. The molecule has 3 rings (SSSR count). The molecule has 0 aliphatic carbocycles. The highest BCUT2D eigenvalue weighted by Gasteiger charge is 2.08. The summed E-state index contributed by atoms with van der Waals surface area (Å²) in [5, 5.41) is 3.89. The number of aromatic nitrogens is 4. The van der Waals surface area contributed by atoms with Crippen molar-refractivity contribution in [2.75, 3.05) is 7.11 Å². The van der Waals surface area contributed by atoms with Crippen molar-refractivity contribution < 1.29 is 9.26 Å². The van der Waals surface area contributed by atoms with Crippen LogP contribution in [0.25, 0.3) is 11.0 Å². The highest BCUT2D eigenvalue weighted by atomic mass is 32.1. The Kier molecular flexibility index (Phi) is 3.27. The third-order valence-electron chi connectivity index (χ3n) is 3.11. The minimum atomic E-state index is 0.576. The maximum atomic E-state index is 5.36. The monoisotopic (exact) mass is 290 g/mol. The van der Waals surface area contributed by atoms with E-state index < -0.39 is 0 Å². The molecule has 0 atom stereocenters. The predicted octanol–water partition coefficient (Wildman–Crippen LogP) is 2.64. The van der Waals surface area contributed by atoms with E-state index in [4.69, 9.17) is 21.5 Å². The molecule has 0 saturated heterocycles. The van der Waals surface area contributed by atoms with Crippen LogP contribution in [0.2, 0.25) is 0 Å². The van der Waals surface area contributed by atoms with Gasteiger partial charge in [0.1, 0.15) is 5.75 Å². The second kappa shape index (κ2) is 5.09. The highest BCUT2D eigenvalue weighted by molar-refractivity contribution is 7.71. The summed E-state index contributed by atoms with van der Waals surface area (Å²) < 4.78 is 12.9. The number of H-pyrrole nitrogens is 1. The van der Waals surface area contributed by atoms with Gasteiger partial charge in [-0.15, -0.1) is 0 Å². The van der Waals surface area contributed by atoms with Crippen molar-refractivity contribution in [3.8, 4) is 5.75 Å². The van der Waals surface area contributed by atoms with E-state index in [2.05, 4.69) is 15.1 Å². The molecule has 2 heterocycles. The predicted molar refractivity (Wildman–Crippen MR) is 76.4 cm³/mol. The minimum Gasteiger partial charge on any atom is -0.497 e. The summed E-state index contributed by atoms with van der Waals surface area (Å²) in [7, 11) is 1.64. The van der Waals surface area contributed by atoms with Gasteiger partial charge < -0.3 is 18.8 Å². The van der Waals surface area contributed by atoms with Gasteiger partial charge in [0.15, 0.2) is 10.6 Å². The third-order valence-corrected chi connectivity index (χ3v) is 3.43. The fourth-order valence-electron chi connectivity index (χ4n) is 2.15. The first-order valence-corrected chi connectivity index (χ1v) is 6.64. The molecule has 2 aromatic heterocycles. The SMILES string of the molecule is COc1ccc2c(c1)[nH]c(=S)n2CCc1noc(C)n1. The number of ether oxygens (including phenoxy) is 1. The average molecular weight is 290 g/mol. The molecular formula is C13H14N4O2S. The lowest BCUT2D eigenvalue weighted by molar-refractivity contribution is 0.386. The molecule has 104 valence electrons. The van der Waals surface area contributed by atoms with Crippen LogP contribution in [-0.4, -0.2) is 26.8 Å². The van der Waals surface area contributed by atoms with Gasteiger partial charge in [0.2, 0.25) is 5.89 Å². The van der Waals surface area contributed by atoms with Crippen molar-refractivity contribution in [3.63, 3.8) is 0 Å². The first-order chi connectivity index (χ1) is 9.67. The molecule has 0 aliphatic rings. The maximum absolute atomic E-state index is 5.36. The van der Waals surface area contributed by atoms with Crippen molar-refractivity contribution >= 4 is 23.3 Å². The van der Waals surface area contributed by atoms with Gasteiger partial charge >= 0.3 is 0 Å². The fraction of sp³-hybridized carbons (Fsp3) is 0.308. The normalized spacial score (nSPS) is 11.1. The largest absolute Gasteiger partial charge is 0.497 e. The average Bonchev–Trinajstić information content (AvgIpc) is 2.98. The first kappa shape index (κ1) is 12.9. The molecule has 20 heavy (non-hydrogen) atoms. The summed E-state index contributed by atoms with van der Waals surface area (Å²) in [6, 6.07) is 5.84. The van der Waals surface area contributed by atoms with Crippen LogP contribution in [0.4, 0.5) is 0 Å². The van der Waals surface area contributed by atoms with Crippen molar-refractivity contribution in [2.24, 2.45) is 0 Å². The van der Waals surface area contributed by atoms with Crippen LogP contribution in [0, 0.1) is 11.7 Å². The van der Waals surface area contributed by atoms with Gasteiger partial charge in [0, 0.05) is 26.0 Å². The summed E-state index contributed by atoms with van der Waals surface area (Å²) in [6.07, 6.45) is 0.671. The number of aryl methyl sites for hydroxylation is 3. The van der Waals surface area contributed by atoms with E-state index in [1.165, 1.54) is 0 Å². The van der Waals surface area contributed by atoms with Crippen molar-refractivity contribution in [1.82, 2.24) is 19.7 Å². The van der Waals surface area contributed by atoms with Gasteiger partial charge in [0.05, 0.1) is 18.1 Å². The maximum Gasteiger partial charge on any atom is 0.223 e. The second-order valence-electron chi connectivity index (χ2n) is 4.44. The number of rotatable bonds is 4. The van der Waals surface area contributed by atoms with E-state index >= 15 is 0 Å². The molecule has 0 radical (unpaired) electrons. The summed E-state index contributed by atoms with van der Waals surface area (Å²) in [6.45, 7) is 2.48. The van der Waals surface area contributed by atoms with E-state index in [0.29, 0.717) is 29.5 Å². The minimum absolute atomic E-state index is 0.576. The van der Waals surface area contributed by atoms with Crippen LogP contribution >= 0.6 is 12.2 Å². The van der Waals surface area contributed by atoms with Gasteiger partial charge in [-0.2, -0.15) is 4.98 Å². The van der Waals surface area contributed by atoms with Crippen LogP contribution in [0.5, 0.6) is 5.75 Å². The van der Waals surface area contributed by atoms with E-state index in [0.717, 1.165) is 16.8 Å². The lowest BCUT2D eigenvalue weighted by Crippen LogP contribution is -2.02. The van der Waals surface area contributed by atoms with Gasteiger partial charge in [-0.25, -0.2) is 0 Å². The third kappa shape index (κ3) is 2.32. The van der Waals surface area contributed by atoms with E-state index in [1.807, 2.05) is 22.8 Å². The Morgan fingerprint density at radius 1 is 1.45 bits per heavy atom. The number of hydrogen-bond acceptors (Lipinski definition) is 5. The zero-order valence-corrected chi connectivity index (χ0v) is 12.0. The summed E-state index contributed by atoms with van der Waals surface area (Å²) in [5.74, 6) is 2.06. The van der Waals surface area contributed by atoms with Gasteiger partial charge in [0.25, 0.3) is 0 Å². The van der Waals surface area contributed by atoms with Gasteiger partial charge in [-0.05, 0) is 24.4 Å². The molecule has 7 heteroatoms. The molecule has 1 N–H and O–H groups in total. The van der Waals surface area contributed by atoms with E-state index in [-0.39, 0.29) is 0 Å². The molecule has 0 aliphatic heterocycles. The summed E-state index contributed by atoms with van der Waals surface area (Å²) in [4.78, 5) is 7.37. The van der Waals surface area contributed by atoms with Gasteiger partial charge in [-0.3, -0.25) is 0 Å². The van der Waals surface area contributed by atoms with Crippen molar-refractivity contribution in [3.05, 3.63) is 34.7 Å². The van der Waals surface area contributed by atoms with E-state index in [9.17, 15) is 0 Å². The lowest BCUT2D eigenvalue weighted by atomic mass is 10.3. The molecule has 0 unspecified atom stereocenters. The van der Waals surface area contributed by atoms with Crippen LogP contribution in [0.3, 0.4) is 0 Å². The number of aromatic amines is 1. The molecular weight excluding hydrogens is 276 g/mol. The smallest absolute Gasteiger partial charge is 0.223 e. The standard InChI is InChI=1S/C13H14N4O2S/c1-8-14-12(16-19-8)5-6-17-11-4-3-9(18-2)7-10(11)15-13(17)20/h3-4,7H,5-6H2,1-2H3,(H,15,20). The van der Waals surface area contributed by atoms with Gasteiger partial charge in [-0.1, -0.05) is 5.16 Å². The Hall–Kier alpha value is -2.15. The number of imidazole rings is 1. The molecule has 0 amide bonds. The zero-order valence-electron chi connectivity index (χ0n) is 11.2. The Morgan fingerprint density at radius 3 is 3.00 bits per heavy atom. The number of benzene rings is 1. The zero-order chi connectivity index (χ0) is 14.1. The summed E-state index contributed by atoms with van der Waals surface area (Å²) in [5.41, 5.74) is 2.00. The molecule has 0 bridgehead atoms. The Labute approximate surface area is 120 Å². The number of nitrogens with one attached hydrogen (secondary N) is 1. The van der Waals surface area contributed by atoms with Crippen LogP contribution in [0.1, 0.15) is 11.7 Å². The molecule has 3 aromatic rings. The van der Waals surface area contributed by atoms with E-state index in [1.54, 1.807) is 14.0 Å². The Morgan fingerprint density at radius 2 is 2.30 bits per heavy atom. The van der Waals surface area contributed by atoms with Crippen LogP contribution in [-0.2, 0) is 13.0 Å². The fourth-order valence-corrected chi connectivity index (χ4v) is 2.45. The quantitative estimate of drug-likeness (QED) is 0.748. The Balaban J connectivity index is 1.91. The number of hydrogen-bond donors (Lipinski definition) is 1. The second-order valence-corrected chi connectivity index (χ2v) is 4.83. The number of fused-ring (bicyclic) bond motifs is 1. The van der Waals surface area contributed by atoms with Crippen LogP contribution < -0.4 is 4.74 Å². The molecule has 0 fully saturated rings. The van der Waals surface area contributed by atoms with Crippen LogP contribution in [0.15, 0.2) is 22.7 Å². The number of methoxy groups -OCH3 is 1. The molecule has 1 aromatic carbocycles. The topological polar surface area (TPSA) is 68.9 Å². The van der Waals surface area contributed by atoms with Crippen molar-refractivity contribution in [2.45, 2.75) is 19.9 Å².